The highest BCUT2D eigenvalue weighted by atomic mass is 35.5. The molecule has 0 unspecified atom stereocenters. The number of halogens is 1. The molecular weight excluding hydrogens is 652 g/mol. The molecule has 290 valence electrons. The monoisotopic (exact) mass is 727 g/mol. The predicted molar refractivity (Wildman–Crippen MR) is 219 cm³/mol. The highest BCUT2D eigenvalue weighted by Gasteiger charge is 2.16. The maximum Gasteiger partial charge on any atom is 0.311 e. The van der Waals surface area contributed by atoms with E-state index in [-0.39, 0.29) is 5.97 Å². The fourth-order valence-electron chi connectivity index (χ4n) is 7.02. The standard InChI is InChI=1S/C46H75ClO4/c1-37(2)26-21-17-15-16-19-23-30-41-44(50-6)35-40(29-25-27-38(3)4)36-45(41)51-46(48)31-24-20-14-12-10-8-7-9-11-13-18-22-28-39-32-33-43(49-5)42(47)34-39/h32-38H,7-31H2,1-6H3. The second-order valence-electron chi connectivity index (χ2n) is 15.8. The number of hydrogen-bond acceptors (Lipinski definition) is 4. The van der Waals surface area contributed by atoms with Gasteiger partial charge in [0.05, 0.1) is 19.2 Å². The third-order valence-electron chi connectivity index (χ3n) is 10.2. The van der Waals surface area contributed by atoms with Gasteiger partial charge in [0.2, 0.25) is 0 Å². The summed E-state index contributed by atoms with van der Waals surface area (Å²) in [7, 11) is 3.41. The Morgan fingerprint density at radius 2 is 1.00 bits per heavy atom. The number of hydrogen-bond donors (Lipinski definition) is 0. The summed E-state index contributed by atoms with van der Waals surface area (Å²) >= 11 is 6.25. The van der Waals surface area contributed by atoms with Gasteiger partial charge in [-0.1, -0.05) is 155 Å². The number of ether oxygens (including phenoxy) is 3. The molecule has 0 aromatic heterocycles. The highest BCUT2D eigenvalue weighted by molar-refractivity contribution is 6.32. The number of carbonyl (C=O) groups is 1. The van der Waals surface area contributed by atoms with Crippen molar-refractivity contribution in [2.45, 2.75) is 188 Å². The Morgan fingerprint density at radius 3 is 1.55 bits per heavy atom. The number of esters is 1. The number of methoxy groups -OCH3 is 2. The smallest absolute Gasteiger partial charge is 0.311 e. The molecule has 4 nitrogen and oxygen atoms in total. The van der Waals surface area contributed by atoms with Crippen LogP contribution in [0.2, 0.25) is 5.02 Å². The number of benzene rings is 2. The van der Waals surface area contributed by atoms with Crippen molar-refractivity contribution >= 4 is 17.6 Å². The van der Waals surface area contributed by atoms with Gasteiger partial charge in [0.25, 0.3) is 0 Å². The Balaban J connectivity index is 1.64. The van der Waals surface area contributed by atoms with Crippen molar-refractivity contribution < 1.29 is 19.0 Å². The second-order valence-corrected chi connectivity index (χ2v) is 16.2. The average Bonchev–Trinajstić information content (AvgIpc) is 3.09. The molecule has 0 amide bonds. The zero-order valence-corrected chi connectivity index (χ0v) is 34.5. The van der Waals surface area contributed by atoms with Crippen LogP contribution in [0, 0.1) is 11.8 Å². The van der Waals surface area contributed by atoms with Gasteiger partial charge in [0, 0.05) is 12.0 Å². The van der Waals surface area contributed by atoms with Crippen LogP contribution >= 0.6 is 11.6 Å². The molecule has 0 bridgehead atoms. The minimum absolute atomic E-state index is 0.101. The predicted octanol–water partition coefficient (Wildman–Crippen LogP) is 14.5. The lowest BCUT2D eigenvalue weighted by atomic mass is 9.97. The molecule has 2 rings (SSSR count). The summed E-state index contributed by atoms with van der Waals surface area (Å²) in [4.78, 5) is 13.0. The summed E-state index contributed by atoms with van der Waals surface area (Å²) < 4.78 is 17.2. The molecule has 2 aromatic carbocycles. The van der Waals surface area contributed by atoms with Gasteiger partial charge in [-0.3, -0.25) is 4.79 Å². The molecule has 0 radical (unpaired) electrons. The summed E-state index contributed by atoms with van der Waals surface area (Å²) in [6, 6.07) is 10.4. The molecule has 0 saturated heterocycles. The van der Waals surface area contributed by atoms with Crippen LogP contribution in [-0.4, -0.2) is 20.2 Å². The lowest BCUT2D eigenvalue weighted by Gasteiger charge is -2.17. The Kier molecular flexibility index (Phi) is 25.0. The van der Waals surface area contributed by atoms with E-state index in [0.717, 1.165) is 73.7 Å². The normalized spacial score (nSPS) is 11.5. The number of aryl methyl sites for hydroxylation is 2. The van der Waals surface area contributed by atoms with Crippen molar-refractivity contribution in [2.75, 3.05) is 14.2 Å². The van der Waals surface area contributed by atoms with Crippen molar-refractivity contribution in [3.63, 3.8) is 0 Å². The summed E-state index contributed by atoms with van der Waals surface area (Å²) in [5.74, 6) is 3.75. The second kappa shape index (κ2) is 28.3. The van der Waals surface area contributed by atoms with Crippen LogP contribution in [0.3, 0.4) is 0 Å². The van der Waals surface area contributed by atoms with Crippen LogP contribution in [0.1, 0.15) is 186 Å². The fraction of sp³-hybridized carbons (Fsp3) is 0.717. The molecule has 0 N–H and O–H groups in total. The van der Waals surface area contributed by atoms with E-state index in [9.17, 15) is 4.79 Å². The van der Waals surface area contributed by atoms with Gasteiger partial charge in [-0.25, -0.2) is 0 Å². The first-order valence-electron chi connectivity index (χ1n) is 21.0. The van der Waals surface area contributed by atoms with Gasteiger partial charge in [0.1, 0.15) is 17.2 Å². The van der Waals surface area contributed by atoms with Crippen LogP contribution < -0.4 is 14.2 Å². The molecule has 51 heavy (non-hydrogen) atoms. The van der Waals surface area contributed by atoms with Gasteiger partial charge < -0.3 is 14.2 Å². The molecular formula is C46H75ClO4. The van der Waals surface area contributed by atoms with Crippen molar-refractivity contribution in [1.29, 1.82) is 0 Å². The Morgan fingerprint density at radius 1 is 0.529 bits per heavy atom. The Labute approximate surface area is 319 Å². The van der Waals surface area contributed by atoms with Gasteiger partial charge in [-0.05, 0) is 92.2 Å². The molecule has 0 spiro atoms. The first-order chi connectivity index (χ1) is 24.7. The molecule has 0 aliphatic carbocycles. The molecule has 0 saturated carbocycles. The van der Waals surface area contributed by atoms with Gasteiger partial charge >= 0.3 is 5.97 Å². The zero-order chi connectivity index (χ0) is 37.1. The number of unbranched alkanes of at least 4 members (excludes halogenated alkanes) is 16. The Hall–Kier alpha value is -2.20. The van der Waals surface area contributed by atoms with Gasteiger partial charge in [-0.2, -0.15) is 0 Å². The van der Waals surface area contributed by atoms with Crippen LogP contribution in [0.4, 0.5) is 0 Å². The topological polar surface area (TPSA) is 44.8 Å². The van der Waals surface area contributed by atoms with E-state index < -0.39 is 0 Å². The lowest BCUT2D eigenvalue weighted by molar-refractivity contribution is -0.134. The van der Waals surface area contributed by atoms with E-state index in [0.29, 0.717) is 17.4 Å². The van der Waals surface area contributed by atoms with Crippen molar-refractivity contribution in [3.05, 3.63) is 52.0 Å². The molecule has 2 aromatic rings. The maximum absolute atomic E-state index is 13.0. The molecule has 0 aliphatic heterocycles. The fourth-order valence-corrected chi connectivity index (χ4v) is 7.30. The van der Waals surface area contributed by atoms with E-state index in [1.807, 2.05) is 12.1 Å². The highest BCUT2D eigenvalue weighted by Crippen LogP contribution is 2.34. The first kappa shape index (κ1) is 45.0. The summed E-state index contributed by atoms with van der Waals surface area (Å²) in [6.07, 6.45) is 29.6. The zero-order valence-electron chi connectivity index (χ0n) is 33.7. The molecule has 0 atom stereocenters. The quantitative estimate of drug-likeness (QED) is 0.0441. The largest absolute Gasteiger partial charge is 0.496 e. The Bertz CT molecular complexity index is 1190. The van der Waals surface area contributed by atoms with Crippen LogP contribution in [-0.2, 0) is 24.1 Å². The van der Waals surface area contributed by atoms with Crippen LogP contribution in [0.15, 0.2) is 30.3 Å². The van der Waals surface area contributed by atoms with E-state index in [1.54, 1.807) is 14.2 Å². The minimum Gasteiger partial charge on any atom is -0.496 e. The first-order valence-corrected chi connectivity index (χ1v) is 21.3. The van der Waals surface area contributed by atoms with Crippen LogP contribution in [0.5, 0.6) is 17.2 Å². The SMILES string of the molecule is COc1ccc(CCCCCCCCCCCCCCC(=O)Oc2cc(CCCC(C)C)cc(OC)c2CCCCCCCCC(C)C)cc1Cl. The van der Waals surface area contributed by atoms with Crippen molar-refractivity contribution in [1.82, 2.24) is 0 Å². The summed E-state index contributed by atoms with van der Waals surface area (Å²) in [5.41, 5.74) is 3.57. The van der Waals surface area contributed by atoms with Crippen molar-refractivity contribution in [2.24, 2.45) is 11.8 Å². The van der Waals surface area contributed by atoms with E-state index in [1.165, 1.54) is 120 Å². The summed E-state index contributed by atoms with van der Waals surface area (Å²) in [5, 5.41) is 0.705. The van der Waals surface area contributed by atoms with Crippen molar-refractivity contribution in [3.8, 4) is 17.2 Å². The van der Waals surface area contributed by atoms with Gasteiger partial charge in [-0.15, -0.1) is 0 Å². The third kappa shape index (κ3) is 21.2. The summed E-state index contributed by atoms with van der Waals surface area (Å²) in [6.45, 7) is 9.16. The van der Waals surface area contributed by atoms with E-state index >= 15 is 0 Å². The van der Waals surface area contributed by atoms with E-state index in [4.69, 9.17) is 25.8 Å². The average molecular weight is 728 g/mol. The van der Waals surface area contributed by atoms with Gasteiger partial charge in [0.15, 0.2) is 0 Å². The molecule has 0 heterocycles. The van der Waals surface area contributed by atoms with Crippen LogP contribution in [0.25, 0.3) is 0 Å². The lowest BCUT2D eigenvalue weighted by Crippen LogP contribution is -2.10. The maximum atomic E-state index is 13.0. The molecule has 5 heteroatoms. The third-order valence-corrected chi connectivity index (χ3v) is 10.5. The molecule has 0 aliphatic rings. The van der Waals surface area contributed by atoms with E-state index in [2.05, 4.69) is 45.9 Å². The number of carbonyl (C=O) groups excluding carboxylic acids is 1. The number of rotatable bonds is 31. The molecule has 0 fully saturated rings. The minimum atomic E-state index is -0.101.